The quantitative estimate of drug-likeness (QED) is 0.445. The summed E-state index contributed by atoms with van der Waals surface area (Å²) in [5.74, 6) is 1.57. The molecule has 0 aliphatic carbocycles. The molecule has 0 aliphatic heterocycles. The maximum absolute atomic E-state index is 12.3. The van der Waals surface area contributed by atoms with Crippen LogP contribution in [0.3, 0.4) is 0 Å². The third-order valence-corrected chi connectivity index (χ3v) is 5.05. The fourth-order valence-corrected chi connectivity index (χ4v) is 3.80. The minimum Gasteiger partial charge on any atom is -0.258 e. The third-order valence-electron chi connectivity index (χ3n) is 3.26. The minimum absolute atomic E-state index is 0.405. The van der Waals surface area contributed by atoms with Crippen LogP contribution in [0.25, 0.3) is 11.3 Å². The van der Waals surface area contributed by atoms with Gasteiger partial charge < -0.3 is 0 Å². The third kappa shape index (κ3) is 4.05. The largest absolute Gasteiger partial charge is 0.309 e. The maximum atomic E-state index is 12.3. The number of benzene rings is 2. The summed E-state index contributed by atoms with van der Waals surface area (Å²) in [5, 5.41) is 3.12. The van der Waals surface area contributed by atoms with Crippen molar-refractivity contribution in [1.29, 1.82) is 0 Å². The van der Waals surface area contributed by atoms with E-state index in [0.717, 1.165) is 15.7 Å². The van der Waals surface area contributed by atoms with E-state index < -0.39 is 5.91 Å². The van der Waals surface area contributed by atoms with Gasteiger partial charge in [-0.25, -0.2) is 9.88 Å². The van der Waals surface area contributed by atoms with E-state index >= 15 is 0 Å². The number of thiazole rings is 1. The molecule has 0 spiro atoms. The Morgan fingerprint density at radius 1 is 1.16 bits per heavy atom. The molecule has 1 aromatic heterocycles. The monoisotopic (exact) mass is 450 g/mol. The molecule has 7 heteroatoms. The van der Waals surface area contributed by atoms with Crippen molar-refractivity contribution in [2.24, 2.45) is 0 Å². The number of hydrogen-bond acceptors (Lipinski definition) is 3. The van der Waals surface area contributed by atoms with Crippen molar-refractivity contribution in [2.45, 2.75) is 0 Å². The lowest BCUT2D eigenvalue weighted by atomic mass is 10.2. The van der Waals surface area contributed by atoms with E-state index in [0.29, 0.717) is 20.9 Å². The standard InChI is InChI=1S/C18H9BrCl2N2OS/c1-2-17(24)23(15-8-13(20)7-14(21)9-15)18-22-16(10-25-18)11-3-5-12(19)6-4-11/h1,3-10H. The molecule has 0 saturated carbocycles. The van der Waals surface area contributed by atoms with Gasteiger partial charge in [-0.1, -0.05) is 51.3 Å². The molecule has 0 bridgehead atoms. The first kappa shape index (κ1) is 18.0. The number of halogens is 3. The van der Waals surface area contributed by atoms with Gasteiger partial charge in [0, 0.05) is 25.5 Å². The van der Waals surface area contributed by atoms with Crippen molar-refractivity contribution in [3.05, 3.63) is 62.4 Å². The Bertz CT molecular complexity index is 959. The summed E-state index contributed by atoms with van der Waals surface area (Å²) in [4.78, 5) is 18.2. The molecule has 0 saturated heterocycles. The highest BCUT2D eigenvalue weighted by Crippen LogP contribution is 2.35. The minimum atomic E-state index is -0.546. The highest BCUT2D eigenvalue weighted by atomic mass is 79.9. The molecule has 3 nitrogen and oxygen atoms in total. The number of amides is 1. The van der Waals surface area contributed by atoms with Gasteiger partial charge in [-0.3, -0.25) is 4.79 Å². The first-order valence-electron chi connectivity index (χ1n) is 6.96. The predicted octanol–water partition coefficient (Wildman–Crippen LogP) is 6.18. The van der Waals surface area contributed by atoms with Crippen LogP contribution in [0.5, 0.6) is 0 Å². The summed E-state index contributed by atoms with van der Waals surface area (Å²) in [7, 11) is 0. The number of hydrogen-bond donors (Lipinski definition) is 0. The second-order valence-electron chi connectivity index (χ2n) is 4.93. The van der Waals surface area contributed by atoms with E-state index in [9.17, 15) is 4.79 Å². The predicted molar refractivity (Wildman–Crippen MR) is 108 cm³/mol. The molecule has 0 fully saturated rings. The van der Waals surface area contributed by atoms with Crippen LogP contribution in [-0.2, 0) is 4.79 Å². The molecular formula is C18H9BrCl2N2OS. The molecule has 0 N–H and O–H groups in total. The highest BCUT2D eigenvalue weighted by Gasteiger charge is 2.21. The topological polar surface area (TPSA) is 33.2 Å². The number of rotatable bonds is 3. The van der Waals surface area contributed by atoms with Crippen LogP contribution in [0.2, 0.25) is 10.0 Å². The summed E-state index contributed by atoms with van der Waals surface area (Å²) in [5.41, 5.74) is 2.15. The SMILES string of the molecule is C#CC(=O)N(c1cc(Cl)cc(Cl)c1)c1nc(-c2ccc(Br)cc2)cs1. The molecule has 1 amide bonds. The second kappa shape index (κ2) is 7.59. The number of anilines is 2. The number of nitrogens with zero attached hydrogens (tertiary/aromatic N) is 2. The van der Waals surface area contributed by atoms with Gasteiger partial charge in [0.2, 0.25) is 0 Å². The molecule has 124 valence electrons. The van der Waals surface area contributed by atoms with Crippen molar-refractivity contribution >= 4 is 67.2 Å². The van der Waals surface area contributed by atoms with Crippen LogP contribution < -0.4 is 4.90 Å². The first-order valence-corrected chi connectivity index (χ1v) is 9.39. The van der Waals surface area contributed by atoms with Crippen molar-refractivity contribution in [2.75, 3.05) is 4.90 Å². The molecule has 2 aromatic carbocycles. The molecule has 0 aliphatic rings. The van der Waals surface area contributed by atoms with E-state index in [1.165, 1.54) is 16.2 Å². The molecule has 3 aromatic rings. The normalized spacial score (nSPS) is 10.3. The van der Waals surface area contributed by atoms with E-state index in [1.807, 2.05) is 29.6 Å². The molecule has 25 heavy (non-hydrogen) atoms. The summed E-state index contributed by atoms with van der Waals surface area (Å²) in [6.07, 6.45) is 5.32. The van der Waals surface area contributed by atoms with E-state index in [2.05, 4.69) is 26.8 Å². The van der Waals surface area contributed by atoms with Crippen LogP contribution in [0.15, 0.2) is 52.3 Å². The van der Waals surface area contributed by atoms with Crippen molar-refractivity contribution in [3.63, 3.8) is 0 Å². The molecule has 3 rings (SSSR count). The number of aromatic nitrogens is 1. The zero-order chi connectivity index (χ0) is 18.0. The van der Waals surface area contributed by atoms with Crippen molar-refractivity contribution in [3.8, 4) is 23.6 Å². The summed E-state index contributed by atoms with van der Waals surface area (Å²) in [6.45, 7) is 0. The van der Waals surface area contributed by atoms with Crippen LogP contribution in [-0.4, -0.2) is 10.9 Å². The fraction of sp³-hybridized carbons (Fsp3) is 0. The zero-order valence-electron chi connectivity index (χ0n) is 12.5. The molecular weight excluding hydrogens is 443 g/mol. The molecule has 0 unspecified atom stereocenters. The number of carbonyl (C=O) groups is 1. The lowest BCUT2D eigenvalue weighted by Gasteiger charge is -2.17. The molecule has 1 heterocycles. The first-order chi connectivity index (χ1) is 12.0. The van der Waals surface area contributed by atoms with E-state index in [-0.39, 0.29) is 0 Å². The summed E-state index contributed by atoms with van der Waals surface area (Å²) < 4.78 is 0.976. The smallest absolute Gasteiger partial charge is 0.258 e. The van der Waals surface area contributed by atoms with Gasteiger partial charge in [0.1, 0.15) is 0 Å². The van der Waals surface area contributed by atoms with Crippen LogP contribution >= 0.6 is 50.5 Å². The zero-order valence-corrected chi connectivity index (χ0v) is 16.5. The Hall–Kier alpha value is -1.84. The van der Waals surface area contributed by atoms with Crippen LogP contribution in [0, 0.1) is 12.3 Å². The van der Waals surface area contributed by atoms with Gasteiger partial charge >= 0.3 is 5.91 Å². The van der Waals surface area contributed by atoms with Crippen LogP contribution in [0.1, 0.15) is 0 Å². The van der Waals surface area contributed by atoms with Gasteiger partial charge in [-0.05, 0) is 36.3 Å². The van der Waals surface area contributed by atoms with Gasteiger partial charge in [-0.2, -0.15) is 0 Å². The summed E-state index contributed by atoms with van der Waals surface area (Å²) >= 11 is 16.8. The van der Waals surface area contributed by atoms with Crippen LogP contribution in [0.4, 0.5) is 10.8 Å². The second-order valence-corrected chi connectivity index (χ2v) is 7.56. The molecule has 0 atom stereocenters. The Labute approximate surface area is 167 Å². The fourth-order valence-electron chi connectivity index (χ4n) is 2.17. The summed E-state index contributed by atoms with van der Waals surface area (Å²) in [6, 6.07) is 12.5. The van der Waals surface area contributed by atoms with Gasteiger partial charge in [0.05, 0.1) is 11.4 Å². The molecule has 0 radical (unpaired) electrons. The van der Waals surface area contributed by atoms with Crippen molar-refractivity contribution < 1.29 is 4.79 Å². The number of carbonyl (C=O) groups excluding carboxylic acids is 1. The Kier molecular flexibility index (Phi) is 5.45. The maximum Gasteiger partial charge on any atom is 0.309 e. The average Bonchev–Trinajstić information content (AvgIpc) is 3.04. The Balaban J connectivity index is 2.05. The average molecular weight is 452 g/mol. The highest BCUT2D eigenvalue weighted by molar-refractivity contribution is 9.10. The van der Waals surface area contributed by atoms with E-state index in [1.54, 1.807) is 18.2 Å². The Morgan fingerprint density at radius 3 is 2.40 bits per heavy atom. The lowest BCUT2D eigenvalue weighted by molar-refractivity contribution is -0.112. The van der Waals surface area contributed by atoms with Gasteiger partial charge in [0.15, 0.2) is 5.13 Å². The van der Waals surface area contributed by atoms with Gasteiger partial charge in [0.25, 0.3) is 0 Å². The van der Waals surface area contributed by atoms with E-state index in [4.69, 9.17) is 29.6 Å². The number of terminal acetylenes is 1. The van der Waals surface area contributed by atoms with Gasteiger partial charge in [-0.15, -0.1) is 17.8 Å². The van der Waals surface area contributed by atoms with Crippen molar-refractivity contribution in [1.82, 2.24) is 4.98 Å². The Morgan fingerprint density at radius 2 is 1.80 bits per heavy atom. The lowest BCUT2D eigenvalue weighted by Crippen LogP contribution is -2.24.